The van der Waals surface area contributed by atoms with Gasteiger partial charge in [-0.1, -0.05) is 18.2 Å². The van der Waals surface area contributed by atoms with Gasteiger partial charge in [-0.05, 0) is 30.3 Å². The standard InChI is InChI=1S/C15H12N4.H3O4P/c1-2-6-13(7-3-1)18-15-17-10-8-14(19-15)12-5-4-9-16-11-12;1-5(2,3)4/h1-11H,(H,17,18,19);(H3,1,2,3,4). The van der Waals surface area contributed by atoms with Crippen LogP contribution >= 0.6 is 7.82 Å². The first-order valence-corrected chi connectivity index (χ1v) is 8.32. The molecule has 4 N–H and O–H groups in total. The lowest BCUT2D eigenvalue weighted by Crippen LogP contribution is -1.97. The number of anilines is 2. The maximum absolute atomic E-state index is 8.88. The highest BCUT2D eigenvalue weighted by Crippen LogP contribution is 2.25. The van der Waals surface area contributed by atoms with Crippen molar-refractivity contribution in [3.8, 4) is 11.3 Å². The van der Waals surface area contributed by atoms with Gasteiger partial charge in [0.05, 0.1) is 5.69 Å². The first-order valence-electron chi connectivity index (χ1n) is 6.75. The van der Waals surface area contributed by atoms with E-state index in [2.05, 4.69) is 20.3 Å². The van der Waals surface area contributed by atoms with Crippen LogP contribution in [0.3, 0.4) is 0 Å². The normalized spacial score (nSPS) is 10.5. The van der Waals surface area contributed by atoms with Crippen LogP contribution < -0.4 is 5.32 Å². The van der Waals surface area contributed by atoms with E-state index >= 15 is 0 Å². The van der Waals surface area contributed by atoms with Crippen LogP contribution in [0.1, 0.15) is 0 Å². The van der Waals surface area contributed by atoms with Crippen molar-refractivity contribution in [2.45, 2.75) is 0 Å². The number of benzene rings is 1. The molecule has 0 aliphatic carbocycles. The summed E-state index contributed by atoms with van der Waals surface area (Å²) >= 11 is 0. The highest BCUT2D eigenvalue weighted by atomic mass is 31.2. The fraction of sp³-hybridized carbons (Fsp3) is 0. The Kier molecular flexibility index (Phi) is 6.11. The smallest absolute Gasteiger partial charge is 0.324 e. The molecule has 1 aromatic carbocycles. The molecule has 0 fully saturated rings. The summed E-state index contributed by atoms with van der Waals surface area (Å²) in [6.07, 6.45) is 5.27. The molecule has 2 heterocycles. The molecule has 124 valence electrons. The van der Waals surface area contributed by atoms with Crippen LogP contribution in [-0.4, -0.2) is 29.6 Å². The van der Waals surface area contributed by atoms with Crippen molar-refractivity contribution in [1.82, 2.24) is 15.0 Å². The predicted molar refractivity (Wildman–Crippen MR) is 89.3 cm³/mol. The largest absolute Gasteiger partial charge is 0.466 e. The molecule has 0 aliphatic rings. The van der Waals surface area contributed by atoms with Crippen LogP contribution in [0.5, 0.6) is 0 Å². The summed E-state index contributed by atoms with van der Waals surface area (Å²) in [5.41, 5.74) is 2.79. The molecule has 3 rings (SSSR count). The van der Waals surface area contributed by atoms with E-state index < -0.39 is 7.82 Å². The Labute approximate surface area is 138 Å². The topological polar surface area (TPSA) is 128 Å². The Morgan fingerprint density at radius 2 is 1.62 bits per heavy atom. The zero-order chi connectivity index (χ0) is 17.4. The molecule has 0 atom stereocenters. The number of nitrogens with one attached hydrogen (secondary N) is 1. The van der Waals surface area contributed by atoms with Crippen LogP contribution in [0, 0.1) is 0 Å². The molecule has 0 saturated heterocycles. The predicted octanol–water partition coefficient (Wildman–Crippen LogP) is 2.35. The number of hydrogen-bond acceptors (Lipinski definition) is 5. The van der Waals surface area contributed by atoms with E-state index in [0.29, 0.717) is 5.95 Å². The van der Waals surface area contributed by atoms with Gasteiger partial charge in [0.1, 0.15) is 0 Å². The van der Waals surface area contributed by atoms with Crippen molar-refractivity contribution >= 4 is 19.5 Å². The molecule has 24 heavy (non-hydrogen) atoms. The molecule has 2 aromatic heterocycles. The third kappa shape index (κ3) is 6.64. The highest BCUT2D eigenvalue weighted by Gasteiger charge is 2.02. The van der Waals surface area contributed by atoms with Crippen molar-refractivity contribution in [3.05, 3.63) is 67.1 Å². The van der Waals surface area contributed by atoms with Crippen LogP contribution in [0.25, 0.3) is 11.3 Å². The summed E-state index contributed by atoms with van der Waals surface area (Å²) in [5.74, 6) is 0.576. The van der Waals surface area contributed by atoms with Crippen LogP contribution in [0.2, 0.25) is 0 Å². The molecular weight excluding hydrogens is 331 g/mol. The fourth-order valence-electron chi connectivity index (χ4n) is 1.74. The quantitative estimate of drug-likeness (QED) is 0.532. The Hall–Kier alpha value is -2.64. The molecule has 8 nitrogen and oxygen atoms in total. The monoisotopic (exact) mass is 346 g/mol. The van der Waals surface area contributed by atoms with Gasteiger partial charge in [-0.15, -0.1) is 0 Å². The SMILES string of the molecule is O=P(O)(O)O.c1ccc(Nc2nccc(-c3cccnc3)n2)cc1. The van der Waals surface area contributed by atoms with Crippen molar-refractivity contribution in [3.63, 3.8) is 0 Å². The van der Waals surface area contributed by atoms with Crippen LogP contribution in [0.4, 0.5) is 11.6 Å². The van der Waals surface area contributed by atoms with Gasteiger partial charge in [-0.25, -0.2) is 14.5 Å². The fourth-order valence-corrected chi connectivity index (χ4v) is 1.74. The van der Waals surface area contributed by atoms with Crippen molar-refractivity contribution in [2.75, 3.05) is 5.32 Å². The summed E-state index contributed by atoms with van der Waals surface area (Å²) in [5, 5.41) is 3.17. The maximum Gasteiger partial charge on any atom is 0.466 e. The lowest BCUT2D eigenvalue weighted by Gasteiger charge is -2.06. The molecular formula is C15H15N4O4P. The summed E-state index contributed by atoms with van der Waals surface area (Å²) in [4.78, 5) is 34.4. The number of rotatable bonds is 3. The first kappa shape index (κ1) is 17.7. The van der Waals surface area contributed by atoms with Gasteiger partial charge in [0.15, 0.2) is 0 Å². The second-order valence-corrected chi connectivity index (χ2v) is 5.54. The summed E-state index contributed by atoms with van der Waals surface area (Å²) in [6.45, 7) is 0. The number of nitrogens with zero attached hydrogens (tertiary/aromatic N) is 3. The van der Waals surface area contributed by atoms with E-state index in [9.17, 15) is 0 Å². The Bertz CT molecular complexity index is 804. The average molecular weight is 346 g/mol. The van der Waals surface area contributed by atoms with E-state index in [1.54, 1.807) is 18.6 Å². The minimum Gasteiger partial charge on any atom is -0.324 e. The van der Waals surface area contributed by atoms with Crippen molar-refractivity contribution in [2.24, 2.45) is 0 Å². The van der Waals surface area contributed by atoms with Gasteiger partial charge in [0, 0.05) is 29.8 Å². The van der Waals surface area contributed by atoms with Gasteiger partial charge in [0.25, 0.3) is 0 Å². The molecule has 0 unspecified atom stereocenters. The van der Waals surface area contributed by atoms with Crippen molar-refractivity contribution < 1.29 is 19.2 Å². The van der Waals surface area contributed by atoms with Gasteiger partial charge in [-0.3, -0.25) is 4.98 Å². The summed E-state index contributed by atoms with van der Waals surface area (Å²) in [6, 6.07) is 15.6. The number of phosphoric acid groups is 1. The summed E-state index contributed by atoms with van der Waals surface area (Å²) in [7, 11) is -4.64. The third-order valence-electron chi connectivity index (χ3n) is 2.64. The molecule has 0 spiro atoms. The van der Waals surface area contributed by atoms with Gasteiger partial charge in [0.2, 0.25) is 5.95 Å². The Balaban J connectivity index is 0.000000368. The second kappa shape index (κ2) is 8.28. The van der Waals surface area contributed by atoms with Gasteiger partial charge >= 0.3 is 7.82 Å². The number of hydrogen-bond donors (Lipinski definition) is 4. The third-order valence-corrected chi connectivity index (χ3v) is 2.64. The minimum atomic E-state index is -4.64. The lowest BCUT2D eigenvalue weighted by molar-refractivity contribution is 0.275. The average Bonchev–Trinajstić information content (AvgIpc) is 2.55. The minimum absolute atomic E-state index is 0.576. The second-order valence-electron chi connectivity index (χ2n) is 4.51. The van der Waals surface area contributed by atoms with Gasteiger partial charge in [-0.2, -0.15) is 0 Å². The number of pyridine rings is 1. The molecule has 0 radical (unpaired) electrons. The number of para-hydroxylation sites is 1. The van der Waals surface area contributed by atoms with Gasteiger partial charge < -0.3 is 20.0 Å². The van der Waals surface area contributed by atoms with E-state index in [4.69, 9.17) is 19.2 Å². The molecule has 0 bridgehead atoms. The Morgan fingerprint density at radius 3 is 2.25 bits per heavy atom. The van der Waals surface area contributed by atoms with Crippen LogP contribution in [0.15, 0.2) is 67.1 Å². The molecule has 0 saturated carbocycles. The zero-order valence-corrected chi connectivity index (χ0v) is 13.3. The van der Waals surface area contributed by atoms with E-state index in [1.807, 2.05) is 48.5 Å². The number of aromatic nitrogens is 3. The summed E-state index contributed by atoms with van der Waals surface area (Å²) < 4.78 is 8.88. The van der Waals surface area contributed by atoms with E-state index in [1.165, 1.54) is 0 Å². The van der Waals surface area contributed by atoms with Crippen molar-refractivity contribution in [1.29, 1.82) is 0 Å². The van der Waals surface area contributed by atoms with E-state index in [-0.39, 0.29) is 0 Å². The Morgan fingerprint density at radius 1 is 0.917 bits per heavy atom. The molecule has 3 aromatic rings. The molecule has 0 aliphatic heterocycles. The first-order chi connectivity index (χ1) is 11.4. The zero-order valence-electron chi connectivity index (χ0n) is 12.4. The molecule has 9 heteroatoms. The maximum atomic E-state index is 8.88. The molecule has 0 amide bonds. The lowest BCUT2D eigenvalue weighted by atomic mass is 10.2. The van der Waals surface area contributed by atoms with E-state index in [0.717, 1.165) is 16.9 Å². The van der Waals surface area contributed by atoms with Crippen LogP contribution in [-0.2, 0) is 4.57 Å². The highest BCUT2D eigenvalue weighted by molar-refractivity contribution is 7.45.